The van der Waals surface area contributed by atoms with E-state index < -0.39 is 80.5 Å². The molecule has 164 valence electrons. The number of aliphatic carboxylic acids is 6. The van der Waals surface area contributed by atoms with Crippen LogP contribution in [0.3, 0.4) is 0 Å². The summed E-state index contributed by atoms with van der Waals surface area (Å²) in [6.45, 7) is 0. The van der Waals surface area contributed by atoms with Gasteiger partial charge in [0.2, 0.25) is 0 Å². The molecule has 0 atom stereocenters. The van der Waals surface area contributed by atoms with Crippen LogP contribution in [0.25, 0.3) is 0 Å². The van der Waals surface area contributed by atoms with E-state index in [4.69, 9.17) is 30.6 Å². The maximum Gasteiger partial charge on any atom is 0.474 e. The second-order valence-electron chi connectivity index (χ2n) is 5.53. The first-order chi connectivity index (χ1) is 13.0. The molecule has 0 aliphatic rings. The fourth-order valence-corrected chi connectivity index (χ4v) is 3.41. The SMILES string of the molecule is O=C(O)CC(CC(=O)O)(OP(=O)(O)OC(CC(=O)O)(CC(=O)O)C(=O)O)C(=O)O. The van der Waals surface area contributed by atoms with Crippen molar-refractivity contribution in [1.29, 1.82) is 0 Å². The van der Waals surface area contributed by atoms with Gasteiger partial charge in [0.1, 0.15) is 0 Å². The average Bonchev–Trinajstić information content (AvgIpc) is 2.41. The van der Waals surface area contributed by atoms with E-state index in [2.05, 4.69) is 9.05 Å². The van der Waals surface area contributed by atoms with E-state index >= 15 is 0 Å². The maximum atomic E-state index is 12.2. The number of phosphoric acid groups is 1. The minimum Gasteiger partial charge on any atom is -0.481 e. The molecule has 0 rings (SSSR count). The molecule has 0 bridgehead atoms. The number of carbonyl (C=O) groups is 6. The fourth-order valence-electron chi connectivity index (χ4n) is 2.07. The number of carboxylic acids is 6. The summed E-state index contributed by atoms with van der Waals surface area (Å²) < 4.78 is 20.5. The largest absolute Gasteiger partial charge is 0.481 e. The van der Waals surface area contributed by atoms with Crippen LogP contribution in [0.2, 0.25) is 0 Å². The summed E-state index contributed by atoms with van der Waals surface area (Å²) in [6, 6.07) is 0. The molecule has 0 aliphatic heterocycles. The summed E-state index contributed by atoms with van der Waals surface area (Å²) >= 11 is 0. The molecule has 0 aromatic rings. The van der Waals surface area contributed by atoms with E-state index in [0.29, 0.717) is 0 Å². The van der Waals surface area contributed by atoms with Crippen LogP contribution in [0.5, 0.6) is 0 Å². The highest BCUT2D eigenvalue weighted by atomic mass is 31.2. The predicted octanol–water partition coefficient (Wildman–Crippen LogP) is -1.33. The zero-order valence-electron chi connectivity index (χ0n) is 14.1. The Balaban J connectivity index is 6.27. The zero-order chi connectivity index (χ0) is 23.2. The number of hydrogen-bond acceptors (Lipinski definition) is 9. The third-order valence-corrected chi connectivity index (χ3v) is 4.27. The summed E-state index contributed by atoms with van der Waals surface area (Å²) in [7, 11) is -6.08. The summed E-state index contributed by atoms with van der Waals surface area (Å²) in [5.41, 5.74) is -6.89. The van der Waals surface area contributed by atoms with Crippen LogP contribution in [0.15, 0.2) is 0 Å². The van der Waals surface area contributed by atoms with E-state index in [1.807, 2.05) is 0 Å². The molecule has 0 amide bonds. The number of hydrogen-bond donors (Lipinski definition) is 7. The van der Waals surface area contributed by atoms with Crippen molar-refractivity contribution in [2.75, 3.05) is 0 Å². The molecule has 0 saturated carbocycles. The van der Waals surface area contributed by atoms with Gasteiger partial charge >= 0.3 is 43.6 Å². The topological polar surface area (TPSA) is 280 Å². The second kappa shape index (κ2) is 9.42. The van der Waals surface area contributed by atoms with Gasteiger partial charge in [0, 0.05) is 0 Å². The Morgan fingerprint density at radius 2 is 0.793 bits per heavy atom. The van der Waals surface area contributed by atoms with Crippen LogP contribution in [0, 0.1) is 0 Å². The van der Waals surface area contributed by atoms with Crippen LogP contribution in [-0.2, 0) is 42.4 Å². The Kier molecular flexibility index (Phi) is 8.42. The summed E-state index contributed by atoms with van der Waals surface area (Å²) in [6.07, 6.45) is -6.83. The van der Waals surface area contributed by atoms with Crippen molar-refractivity contribution in [2.45, 2.75) is 36.9 Å². The molecule has 29 heavy (non-hydrogen) atoms. The average molecular weight is 446 g/mol. The first-order valence-corrected chi connectivity index (χ1v) is 8.55. The monoisotopic (exact) mass is 446 g/mol. The van der Waals surface area contributed by atoms with Crippen LogP contribution in [0.4, 0.5) is 0 Å². The van der Waals surface area contributed by atoms with Gasteiger partial charge in [-0.15, -0.1) is 0 Å². The Hall–Kier alpha value is -3.07. The molecule has 0 fully saturated rings. The Morgan fingerprint density at radius 3 is 0.931 bits per heavy atom. The van der Waals surface area contributed by atoms with Crippen molar-refractivity contribution in [3.05, 3.63) is 0 Å². The lowest BCUT2D eigenvalue weighted by Gasteiger charge is -2.32. The molecule has 17 heteroatoms. The minimum atomic E-state index is -6.08. The normalized spacial score (nSPS) is 12.2. The molecule has 0 saturated heterocycles. The van der Waals surface area contributed by atoms with Crippen molar-refractivity contribution in [2.24, 2.45) is 0 Å². The maximum absolute atomic E-state index is 12.2. The quantitative estimate of drug-likeness (QED) is 0.152. The van der Waals surface area contributed by atoms with E-state index in [1.54, 1.807) is 0 Å². The molecule has 16 nitrogen and oxygen atoms in total. The molecular formula is C12H15O16P. The van der Waals surface area contributed by atoms with Crippen molar-refractivity contribution in [3.63, 3.8) is 0 Å². The van der Waals surface area contributed by atoms with Crippen LogP contribution >= 0.6 is 7.82 Å². The molecule has 0 heterocycles. The molecule has 0 unspecified atom stereocenters. The third-order valence-electron chi connectivity index (χ3n) is 3.11. The number of carboxylic acid groups (broad SMARTS) is 6. The summed E-state index contributed by atoms with van der Waals surface area (Å²) in [4.78, 5) is 76.0. The molecule has 7 N–H and O–H groups in total. The summed E-state index contributed by atoms with van der Waals surface area (Å²) in [5.74, 6) is -12.7. The van der Waals surface area contributed by atoms with Gasteiger partial charge in [-0.2, -0.15) is 0 Å². The predicted molar refractivity (Wildman–Crippen MR) is 81.7 cm³/mol. The lowest BCUT2D eigenvalue weighted by molar-refractivity contribution is -0.175. The highest BCUT2D eigenvalue weighted by molar-refractivity contribution is 7.47. The van der Waals surface area contributed by atoms with Crippen LogP contribution in [0.1, 0.15) is 25.7 Å². The van der Waals surface area contributed by atoms with Gasteiger partial charge in [0.05, 0.1) is 25.7 Å². The van der Waals surface area contributed by atoms with Gasteiger partial charge in [-0.25, -0.2) is 14.2 Å². The van der Waals surface area contributed by atoms with Gasteiger partial charge in [-0.3, -0.25) is 28.2 Å². The molecule has 0 aromatic carbocycles. The van der Waals surface area contributed by atoms with Gasteiger partial charge in [0.25, 0.3) is 0 Å². The van der Waals surface area contributed by atoms with Gasteiger partial charge in [-0.1, -0.05) is 0 Å². The molecule has 0 aromatic heterocycles. The van der Waals surface area contributed by atoms with Gasteiger partial charge < -0.3 is 35.5 Å². The van der Waals surface area contributed by atoms with Crippen molar-refractivity contribution in [1.82, 2.24) is 0 Å². The van der Waals surface area contributed by atoms with Crippen molar-refractivity contribution in [3.8, 4) is 0 Å². The highest BCUT2D eigenvalue weighted by Gasteiger charge is 2.55. The number of phosphoric ester groups is 1. The summed E-state index contributed by atoms with van der Waals surface area (Å²) in [5, 5.41) is 53.4. The molecule has 0 spiro atoms. The smallest absolute Gasteiger partial charge is 0.474 e. The van der Waals surface area contributed by atoms with E-state index in [-0.39, 0.29) is 0 Å². The first kappa shape index (κ1) is 25.9. The van der Waals surface area contributed by atoms with Crippen molar-refractivity contribution >= 4 is 43.6 Å². The lowest BCUT2D eigenvalue weighted by atomic mass is 9.96. The first-order valence-electron chi connectivity index (χ1n) is 7.05. The van der Waals surface area contributed by atoms with E-state index in [0.717, 1.165) is 0 Å². The van der Waals surface area contributed by atoms with Gasteiger partial charge in [0.15, 0.2) is 11.2 Å². The second-order valence-corrected chi connectivity index (χ2v) is 6.83. The zero-order valence-corrected chi connectivity index (χ0v) is 15.0. The Bertz CT molecular complexity index is 676. The highest BCUT2D eigenvalue weighted by Crippen LogP contribution is 2.53. The standard InChI is InChI=1S/C12H15O16P/c13-5(14)1-11(9(21)22,2-6(15)16)27-29(25,26)28-12(10(23)24,3-7(17)18)4-8(19)20/h1-4H2,(H,13,14)(H,15,16)(H,17,18)(H,19,20)(H,21,22)(H,23,24)(H,25,26). The molecule has 0 aliphatic carbocycles. The van der Waals surface area contributed by atoms with Gasteiger partial charge in [-0.05, 0) is 0 Å². The van der Waals surface area contributed by atoms with Crippen molar-refractivity contribution < 1.29 is 77.9 Å². The van der Waals surface area contributed by atoms with Crippen LogP contribution in [-0.4, -0.2) is 82.6 Å². The minimum absolute atomic E-state index is 1.71. The van der Waals surface area contributed by atoms with E-state index in [1.165, 1.54) is 0 Å². The Labute approximate surface area is 159 Å². The lowest BCUT2D eigenvalue weighted by Crippen LogP contribution is -2.48. The molecular weight excluding hydrogens is 431 g/mol. The van der Waals surface area contributed by atoms with Crippen LogP contribution < -0.4 is 0 Å². The van der Waals surface area contributed by atoms with E-state index in [9.17, 15) is 38.2 Å². The number of rotatable bonds is 14. The third kappa shape index (κ3) is 7.82. The molecule has 0 radical (unpaired) electrons. The Morgan fingerprint density at radius 1 is 0.586 bits per heavy atom. The fraction of sp³-hybridized carbons (Fsp3) is 0.500.